The van der Waals surface area contributed by atoms with Crippen molar-refractivity contribution in [3.8, 4) is 5.88 Å². The molecule has 2 fully saturated rings. The monoisotopic (exact) mass is 519 g/mol. The first-order valence-electron chi connectivity index (χ1n) is 12.3. The molecule has 0 atom stereocenters. The van der Waals surface area contributed by atoms with Gasteiger partial charge in [0.05, 0.1) is 17.9 Å². The number of hydrogen-bond donors (Lipinski definition) is 4. The lowest BCUT2D eigenvalue weighted by Gasteiger charge is -2.32. The molecule has 1 aliphatic heterocycles. The number of benzene rings is 1. The Morgan fingerprint density at radius 1 is 1.21 bits per heavy atom. The Morgan fingerprint density at radius 3 is 2.68 bits per heavy atom. The maximum atomic E-state index is 15.1. The molecule has 0 spiro atoms. The second-order valence-corrected chi connectivity index (χ2v) is 9.60. The molecular formula is C25H26FN9O3. The highest BCUT2D eigenvalue weighted by atomic mass is 19.1. The number of aromatic nitrogens is 5. The van der Waals surface area contributed by atoms with Crippen LogP contribution in [0.5, 0.6) is 5.88 Å². The van der Waals surface area contributed by atoms with Crippen molar-refractivity contribution in [3.63, 3.8) is 0 Å². The molecule has 1 saturated carbocycles. The summed E-state index contributed by atoms with van der Waals surface area (Å²) in [6.07, 6.45) is 5.03. The summed E-state index contributed by atoms with van der Waals surface area (Å²) in [5.74, 6) is -0.753. The number of rotatable bonds is 5. The summed E-state index contributed by atoms with van der Waals surface area (Å²) in [6, 6.07) is 6.23. The van der Waals surface area contributed by atoms with Gasteiger partial charge in [-0.15, -0.1) is 0 Å². The van der Waals surface area contributed by atoms with Crippen molar-refractivity contribution in [1.82, 2.24) is 34.4 Å². The Morgan fingerprint density at radius 2 is 2.00 bits per heavy atom. The SMILES string of the molecule is CN1CCN(C(=O)c2ccc(Nc3cc(=NC4CC4)n4ncc(=Cc5[nH]c(=O)[nH]c5O)c4n3)c(F)c2)CC1. The van der Waals surface area contributed by atoms with Crippen LogP contribution in [0.3, 0.4) is 0 Å². The molecule has 1 amide bonds. The number of aromatic amines is 2. The van der Waals surface area contributed by atoms with Crippen molar-refractivity contribution >= 4 is 29.1 Å². The largest absolute Gasteiger partial charge is 0.493 e. The summed E-state index contributed by atoms with van der Waals surface area (Å²) in [5, 5.41) is 17.8. The lowest BCUT2D eigenvalue weighted by Crippen LogP contribution is -2.47. The van der Waals surface area contributed by atoms with E-state index in [4.69, 9.17) is 4.99 Å². The standard InChI is InChI=1S/C25H26FN9O3/c1-33-6-8-34(9-7-33)24(37)14-2-5-18(17(26)10-14)29-20-12-21(28-16-3-4-16)35-22(31-20)15(13-27-35)11-19-23(36)32-25(38)30-19/h2,5,10-13,16,29,36H,3-4,6-9H2,1H3,(H2,30,32,38). The molecule has 4 heterocycles. The van der Waals surface area contributed by atoms with E-state index in [-0.39, 0.29) is 29.2 Å². The number of nitrogens with one attached hydrogen (secondary N) is 3. The quantitative estimate of drug-likeness (QED) is 0.297. The first-order chi connectivity index (χ1) is 18.3. The van der Waals surface area contributed by atoms with E-state index in [0.29, 0.717) is 40.8 Å². The van der Waals surface area contributed by atoms with Gasteiger partial charge in [-0.25, -0.2) is 14.2 Å². The molecule has 1 aliphatic carbocycles. The average Bonchev–Trinajstić information content (AvgIpc) is 3.53. The van der Waals surface area contributed by atoms with Crippen LogP contribution in [0.4, 0.5) is 15.9 Å². The van der Waals surface area contributed by atoms with Crippen molar-refractivity contribution in [2.45, 2.75) is 18.9 Å². The third-order valence-electron chi connectivity index (χ3n) is 6.65. The minimum Gasteiger partial charge on any atom is -0.493 e. The number of carbonyl (C=O) groups is 1. The van der Waals surface area contributed by atoms with Gasteiger partial charge in [0, 0.05) is 43.0 Å². The number of hydrogen-bond acceptors (Lipinski definition) is 8. The number of fused-ring (bicyclic) bond motifs is 1. The van der Waals surface area contributed by atoms with Gasteiger partial charge in [0.1, 0.15) is 17.3 Å². The molecule has 4 N–H and O–H groups in total. The van der Waals surface area contributed by atoms with E-state index in [9.17, 15) is 14.7 Å². The van der Waals surface area contributed by atoms with Gasteiger partial charge >= 0.3 is 5.69 Å². The molecule has 13 heteroatoms. The van der Waals surface area contributed by atoms with Gasteiger partial charge in [-0.1, -0.05) is 0 Å². The summed E-state index contributed by atoms with van der Waals surface area (Å²) in [7, 11) is 2.01. The molecule has 1 saturated heterocycles. The number of likely N-dealkylation sites (N-methyl/N-ethyl adjacent to an activating group) is 1. The Bertz CT molecular complexity index is 1710. The van der Waals surface area contributed by atoms with E-state index in [2.05, 4.69) is 30.3 Å². The second-order valence-electron chi connectivity index (χ2n) is 9.60. The molecular weight excluding hydrogens is 493 g/mol. The molecule has 2 aliphatic rings. The predicted octanol–water partition coefficient (Wildman–Crippen LogP) is 0.332. The zero-order chi connectivity index (χ0) is 26.4. The van der Waals surface area contributed by atoms with Crippen LogP contribution in [0, 0.1) is 5.82 Å². The van der Waals surface area contributed by atoms with Crippen LogP contribution < -0.4 is 21.7 Å². The first-order valence-corrected chi connectivity index (χ1v) is 12.3. The number of aromatic hydroxyl groups is 1. The molecule has 196 valence electrons. The lowest BCUT2D eigenvalue weighted by atomic mass is 10.1. The Labute approximate surface area is 215 Å². The summed E-state index contributed by atoms with van der Waals surface area (Å²) in [5.41, 5.74) is 1.02. The number of amides is 1. The first kappa shape index (κ1) is 23.9. The van der Waals surface area contributed by atoms with Crippen LogP contribution in [0.25, 0.3) is 11.7 Å². The molecule has 38 heavy (non-hydrogen) atoms. The van der Waals surface area contributed by atoms with Gasteiger partial charge < -0.3 is 25.2 Å². The van der Waals surface area contributed by atoms with E-state index in [1.165, 1.54) is 18.2 Å². The number of carbonyl (C=O) groups excluding carboxylic acids is 1. The third-order valence-corrected chi connectivity index (χ3v) is 6.65. The summed E-state index contributed by atoms with van der Waals surface area (Å²) in [6.45, 7) is 2.77. The topological polar surface area (TPSA) is 147 Å². The van der Waals surface area contributed by atoms with E-state index >= 15 is 4.39 Å². The van der Waals surface area contributed by atoms with Gasteiger partial charge in [0.25, 0.3) is 5.91 Å². The number of H-pyrrole nitrogens is 2. The van der Waals surface area contributed by atoms with Crippen molar-refractivity contribution in [2.24, 2.45) is 4.99 Å². The summed E-state index contributed by atoms with van der Waals surface area (Å²) < 4.78 is 16.7. The maximum Gasteiger partial charge on any atom is 0.326 e. The normalized spacial score (nSPS) is 17.5. The fourth-order valence-corrected chi connectivity index (χ4v) is 4.34. The fraction of sp³-hybridized carbons (Fsp3) is 0.320. The van der Waals surface area contributed by atoms with Crippen LogP contribution >= 0.6 is 0 Å². The Balaban J connectivity index is 1.34. The molecule has 1 aromatic carbocycles. The van der Waals surface area contributed by atoms with Crippen molar-refractivity contribution < 1.29 is 14.3 Å². The van der Waals surface area contributed by atoms with Gasteiger partial charge in [-0.3, -0.25) is 14.8 Å². The maximum absolute atomic E-state index is 15.1. The Kier molecular flexibility index (Phi) is 5.91. The van der Waals surface area contributed by atoms with Crippen LogP contribution in [0.1, 0.15) is 28.9 Å². The molecule has 0 radical (unpaired) electrons. The highest BCUT2D eigenvalue weighted by molar-refractivity contribution is 5.94. The molecule has 0 unspecified atom stereocenters. The highest BCUT2D eigenvalue weighted by Gasteiger charge is 2.22. The van der Waals surface area contributed by atoms with Crippen molar-refractivity contribution in [1.29, 1.82) is 0 Å². The fourth-order valence-electron chi connectivity index (χ4n) is 4.34. The molecule has 12 nitrogen and oxygen atoms in total. The van der Waals surface area contributed by atoms with Gasteiger partial charge in [-0.2, -0.15) is 9.61 Å². The number of nitrogens with zero attached hydrogens (tertiary/aromatic N) is 6. The highest BCUT2D eigenvalue weighted by Crippen LogP contribution is 2.23. The predicted molar refractivity (Wildman–Crippen MR) is 137 cm³/mol. The third kappa shape index (κ3) is 4.75. The Hall–Kier alpha value is -4.52. The second kappa shape index (κ2) is 9.41. The smallest absolute Gasteiger partial charge is 0.326 e. The van der Waals surface area contributed by atoms with Gasteiger partial charge in [-0.05, 0) is 44.2 Å². The number of piperazine rings is 1. The van der Waals surface area contributed by atoms with Crippen molar-refractivity contribution in [3.05, 3.63) is 68.7 Å². The molecule has 4 aromatic rings. The van der Waals surface area contributed by atoms with Crippen LogP contribution in [-0.4, -0.2) is 84.6 Å². The molecule has 6 rings (SSSR count). The lowest BCUT2D eigenvalue weighted by molar-refractivity contribution is 0.0663. The van der Waals surface area contributed by atoms with Crippen LogP contribution in [-0.2, 0) is 0 Å². The summed E-state index contributed by atoms with van der Waals surface area (Å²) >= 11 is 0. The number of halogens is 1. The molecule has 0 bridgehead atoms. The van der Waals surface area contributed by atoms with Gasteiger partial charge in [0.2, 0.25) is 5.88 Å². The zero-order valence-electron chi connectivity index (χ0n) is 20.6. The van der Waals surface area contributed by atoms with E-state index in [1.54, 1.807) is 27.7 Å². The number of imidazole rings is 1. The van der Waals surface area contributed by atoms with Crippen molar-refractivity contribution in [2.75, 3.05) is 38.5 Å². The average molecular weight is 520 g/mol. The van der Waals surface area contributed by atoms with Crippen LogP contribution in [0.2, 0.25) is 0 Å². The number of anilines is 2. The van der Waals surface area contributed by atoms with E-state index in [1.807, 2.05) is 7.05 Å². The van der Waals surface area contributed by atoms with Crippen LogP contribution in [0.15, 0.2) is 40.2 Å². The minimum atomic E-state index is -0.581. The minimum absolute atomic E-state index is 0.159. The van der Waals surface area contributed by atoms with E-state index in [0.717, 1.165) is 25.9 Å². The zero-order valence-corrected chi connectivity index (χ0v) is 20.6. The summed E-state index contributed by atoms with van der Waals surface area (Å²) in [4.78, 5) is 42.3. The van der Waals surface area contributed by atoms with Gasteiger partial charge in [0.15, 0.2) is 11.1 Å². The molecule has 3 aromatic heterocycles. The van der Waals surface area contributed by atoms with E-state index < -0.39 is 11.5 Å².